The minimum absolute atomic E-state index is 0.00681. The maximum absolute atomic E-state index is 13.5. The zero-order valence-corrected chi connectivity index (χ0v) is 10.8. The summed E-state index contributed by atoms with van der Waals surface area (Å²) in [6.07, 6.45) is 3.16. The summed E-state index contributed by atoms with van der Waals surface area (Å²) in [7, 11) is -0.947. The Morgan fingerprint density at radius 3 is 2.18 bits per heavy atom. The van der Waals surface area contributed by atoms with Gasteiger partial charge in [0.15, 0.2) is 23.3 Å². The molecule has 1 unspecified atom stereocenters. The second-order valence-electron chi connectivity index (χ2n) is 3.75. The zero-order valence-electron chi connectivity index (χ0n) is 9.86. The van der Waals surface area contributed by atoms with Gasteiger partial charge in [0, 0.05) is 5.30 Å². The van der Waals surface area contributed by atoms with Gasteiger partial charge in [0.2, 0.25) is 0 Å². The van der Waals surface area contributed by atoms with Crippen LogP contribution in [0.25, 0.3) is 0 Å². The molecule has 0 aliphatic carbocycles. The van der Waals surface area contributed by atoms with Crippen molar-refractivity contribution in [2.45, 2.75) is 26.7 Å². The second-order valence-corrected chi connectivity index (χ2v) is 6.39. The third kappa shape index (κ3) is 3.19. The number of rotatable bonds is 5. The largest absolute Gasteiger partial charge is 0.204 e. The maximum atomic E-state index is 13.5. The van der Waals surface area contributed by atoms with Crippen molar-refractivity contribution in [1.29, 1.82) is 0 Å². The average Bonchev–Trinajstić information content (AvgIpc) is 2.33. The Hall–Kier alpha value is -0.630. The van der Waals surface area contributed by atoms with Crippen molar-refractivity contribution in [3.05, 3.63) is 29.3 Å². The van der Waals surface area contributed by atoms with Crippen LogP contribution in [-0.2, 0) is 0 Å². The Morgan fingerprint density at radius 2 is 1.65 bits per heavy atom. The molecule has 96 valence electrons. The maximum Gasteiger partial charge on any atom is 0.198 e. The highest BCUT2D eigenvalue weighted by Crippen LogP contribution is 2.37. The van der Waals surface area contributed by atoms with Gasteiger partial charge in [0.25, 0.3) is 0 Å². The van der Waals surface area contributed by atoms with Gasteiger partial charge in [-0.1, -0.05) is 28.2 Å². The third-order valence-corrected chi connectivity index (χ3v) is 5.21. The van der Waals surface area contributed by atoms with Crippen molar-refractivity contribution in [2.24, 2.45) is 0 Å². The van der Waals surface area contributed by atoms with E-state index in [0.717, 1.165) is 18.9 Å². The van der Waals surface area contributed by atoms with Crippen LogP contribution in [0.5, 0.6) is 0 Å². The summed E-state index contributed by atoms with van der Waals surface area (Å²) in [4.78, 5) is 0. The number of hydrogen-bond acceptors (Lipinski definition) is 0. The molecule has 0 bridgehead atoms. The van der Waals surface area contributed by atoms with Crippen molar-refractivity contribution < 1.29 is 17.6 Å². The molecule has 1 aromatic carbocycles. The molecule has 1 rings (SSSR count). The van der Waals surface area contributed by atoms with Crippen molar-refractivity contribution in [1.82, 2.24) is 0 Å². The SMILES string of the molecule is CCCCP(CC)c1cc(F)c(F)c(F)c1F. The number of hydrogen-bond donors (Lipinski definition) is 0. The molecule has 0 aromatic heterocycles. The van der Waals surface area contributed by atoms with E-state index in [1.54, 1.807) is 0 Å². The van der Waals surface area contributed by atoms with Gasteiger partial charge in [-0.15, -0.1) is 0 Å². The Morgan fingerprint density at radius 1 is 1.00 bits per heavy atom. The van der Waals surface area contributed by atoms with E-state index in [2.05, 4.69) is 0 Å². The summed E-state index contributed by atoms with van der Waals surface area (Å²) in [5.41, 5.74) is 0. The molecular weight excluding hydrogens is 251 g/mol. The van der Waals surface area contributed by atoms with Crippen LogP contribution in [-0.4, -0.2) is 12.3 Å². The topological polar surface area (TPSA) is 0 Å². The molecule has 0 fully saturated rings. The fraction of sp³-hybridized carbons (Fsp3) is 0.500. The predicted octanol–water partition coefficient (Wildman–Crippen LogP) is 4.17. The Kier molecular flexibility index (Phi) is 5.38. The van der Waals surface area contributed by atoms with Gasteiger partial charge in [-0.3, -0.25) is 0 Å². The highest BCUT2D eigenvalue weighted by molar-refractivity contribution is 7.65. The first-order chi connectivity index (χ1) is 8.02. The smallest absolute Gasteiger partial charge is 0.198 e. The lowest BCUT2D eigenvalue weighted by Gasteiger charge is -2.17. The minimum Gasteiger partial charge on any atom is -0.204 e. The summed E-state index contributed by atoms with van der Waals surface area (Å²) < 4.78 is 52.5. The van der Waals surface area contributed by atoms with E-state index in [1.807, 2.05) is 13.8 Å². The molecular formula is C12H15F4P. The van der Waals surface area contributed by atoms with Crippen LogP contribution in [0.1, 0.15) is 26.7 Å². The van der Waals surface area contributed by atoms with Crippen LogP contribution in [0.4, 0.5) is 17.6 Å². The number of benzene rings is 1. The van der Waals surface area contributed by atoms with Gasteiger partial charge in [-0.05, 0) is 24.8 Å². The predicted molar refractivity (Wildman–Crippen MR) is 63.1 cm³/mol. The van der Waals surface area contributed by atoms with Crippen LogP contribution in [0, 0.1) is 23.3 Å². The van der Waals surface area contributed by atoms with Crippen molar-refractivity contribution in [3.63, 3.8) is 0 Å². The van der Waals surface area contributed by atoms with E-state index in [-0.39, 0.29) is 5.30 Å². The molecule has 17 heavy (non-hydrogen) atoms. The van der Waals surface area contributed by atoms with Crippen molar-refractivity contribution >= 4 is 13.2 Å². The van der Waals surface area contributed by atoms with E-state index in [0.29, 0.717) is 12.3 Å². The number of unbranched alkanes of at least 4 members (excludes halogenated alkanes) is 1. The summed E-state index contributed by atoms with van der Waals surface area (Å²) in [5, 5.41) is 0.00681. The van der Waals surface area contributed by atoms with Crippen molar-refractivity contribution in [3.8, 4) is 0 Å². The van der Waals surface area contributed by atoms with Gasteiger partial charge < -0.3 is 0 Å². The van der Waals surface area contributed by atoms with Gasteiger partial charge in [-0.2, -0.15) is 0 Å². The van der Waals surface area contributed by atoms with Gasteiger partial charge >= 0.3 is 0 Å². The Bertz CT molecular complexity index is 393. The molecule has 5 heteroatoms. The summed E-state index contributed by atoms with van der Waals surface area (Å²) >= 11 is 0. The first-order valence-corrected chi connectivity index (χ1v) is 7.32. The number of halogens is 4. The molecule has 0 saturated carbocycles. The zero-order chi connectivity index (χ0) is 13.0. The highest BCUT2D eigenvalue weighted by Gasteiger charge is 2.22. The quantitative estimate of drug-likeness (QED) is 0.325. The van der Waals surface area contributed by atoms with Crippen LogP contribution < -0.4 is 5.30 Å². The van der Waals surface area contributed by atoms with E-state index in [1.165, 1.54) is 0 Å². The van der Waals surface area contributed by atoms with Crippen LogP contribution in [0.2, 0.25) is 0 Å². The molecule has 0 aliphatic heterocycles. The van der Waals surface area contributed by atoms with E-state index >= 15 is 0 Å². The lowest BCUT2D eigenvalue weighted by Crippen LogP contribution is -2.15. The molecule has 0 saturated heterocycles. The monoisotopic (exact) mass is 266 g/mol. The third-order valence-electron chi connectivity index (χ3n) is 2.59. The fourth-order valence-electron chi connectivity index (χ4n) is 1.59. The molecule has 0 spiro atoms. The summed E-state index contributed by atoms with van der Waals surface area (Å²) in [5.74, 6) is -5.96. The highest BCUT2D eigenvalue weighted by atomic mass is 31.1. The molecule has 0 nitrogen and oxygen atoms in total. The lowest BCUT2D eigenvalue weighted by molar-refractivity contribution is 0.412. The Balaban J connectivity index is 3.11. The van der Waals surface area contributed by atoms with E-state index in [4.69, 9.17) is 0 Å². The molecule has 0 N–H and O–H groups in total. The molecule has 1 aromatic rings. The minimum atomic E-state index is -1.73. The lowest BCUT2D eigenvalue weighted by atomic mass is 10.3. The van der Waals surface area contributed by atoms with Crippen LogP contribution in [0.3, 0.4) is 0 Å². The van der Waals surface area contributed by atoms with Crippen molar-refractivity contribution in [2.75, 3.05) is 12.3 Å². The van der Waals surface area contributed by atoms with Gasteiger partial charge in [0.1, 0.15) is 0 Å². The summed E-state index contributed by atoms with van der Waals surface area (Å²) in [6, 6.07) is 0.804. The first kappa shape index (κ1) is 14.4. The van der Waals surface area contributed by atoms with Crippen LogP contribution in [0.15, 0.2) is 6.07 Å². The van der Waals surface area contributed by atoms with Gasteiger partial charge in [0.05, 0.1) is 0 Å². The van der Waals surface area contributed by atoms with E-state index < -0.39 is 31.2 Å². The average molecular weight is 266 g/mol. The molecule has 0 amide bonds. The summed E-state index contributed by atoms with van der Waals surface area (Å²) in [6.45, 7) is 3.84. The molecule has 1 atom stereocenters. The first-order valence-electron chi connectivity index (χ1n) is 5.60. The molecule has 0 aliphatic rings. The molecule has 0 heterocycles. The fourth-order valence-corrected chi connectivity index (χ4v) is 3.86. The van der Waals surface area contributed by atoms with Crippen LogP contribution >= 0.6 is 7.92 Å². The molecule has 0 radical (unpaired) electrons. The van der Waals surface area contributed by atoms with E-state index in [9.17, 15) is 17.6 Å². The second kappa shape index (κ2) is 6.34. The van der Waals surface area contributed by atoms with Gasteiger partial charge in [-0.25, -0.2) is 17.6 Å². The normalized spacial score (nSPS) is 12.8. The Labute approximate surface area is 99.8 Å². The standard InChI is InChI=1S/C12H15F4P/c1-3-5-6-17(4-2)9-7-8(13)10(14)12(16)11(9)15/h7H,3-6H2,1-2H3.